The van der Waals surface area contributed by atoms with Crippen LogP contribution in [0.5, 0.6) is 0 Å². The molecule has 0 unspecified atom stereocenters. The highest BCUT2D eigenvalue weighted by Gasteiger charge is 2.29. The van der Waals surface area contributed by atoms with E-state index in [4.69, 9.17) is 0 Å². The van der Waals surface area contributed by atoms with E-state index < -0.39 is 0 Å². The fourth-order valence-electron chi connectivity index (χ4n) is 2.44. The number of para-hydroxylation sites is 1. The van der Waals surface area contributed by atoms with Gasteiger partial charge in [0, 0.05) is 23.5 Å². The summed E-state index contributed by atoms with van der Waals surface area (Å²) in [4.78, 5) is 6.80. The molecule has 2 nitrogen and oxygen atoms in total. The number of rotatable bonds is 0. The van der Waals surface area contributed by atoms with Gasteiger partial charge in [0.15, 0.2) is 0 Å². The number of hydrogen-bond acceptors (Lipinski definition) is 2. The monoisotopic (exact) mass is 206 g/mol. The topological polar surface area (TPSA) is 15.6 Å². The van der Waals surface area contributed by atoms with Crippen molar-refractivity contribution in [3.8, 4) is 0 Å². The molecule has 2 heterocycles. The molecule has 0 amide bonds. The van der Waals surface area contributed by atoms with Crippen LogP contribution in [0.3, 0.4) is 0 Å². The van der Waals surface area contributed by atoms with Crippen LogP contribution in [0.25, 0.3) is 6.20 Å². The van der Waals surface area contributed by atoms with Crippen LogP contribution in [-0.4, -0.2) is 4.90 Å². The summed E-state index contributed by atoms with van der Waals surface area (Å²) in [7, 11) is 0. The summed E-state index contributed by atoms with van der Waals surface area (Å²) in [6, 6.07) is 8.24. The maximum atomic E-state index is 4.55. The van der Waals surface area contributed by atoms with Crippen LogP contribution in [-0.2, 0) is 0 Å². The van der Waals surface area contributed by atoms with Crippen molar-refractivity contribution in [3.63, 3.8) is 0 Å². The smallest absolute Gasteiger partial charge is 0.0717 e. The van der Waals surface area contributed by atoms with Gasteiger partial charge in [-0.3, -0.25) is 4.99 Å². The first-order chi connectivity index (χ1) is 7.92. The standard InChI is InChI=1S/C14H10N2/c1-2-4-13-11(3-1)9-16-12-6-5-10(7-12)14(16)8-15-13/h1-6,8-9H,7H2. The number of hydrogen-bond donors (Lipinski definition) is 0. The summed E-state index contributed by atoms with van der Waals surface area (Å²) in [5, 5.41) is 2.23. The molecule has 1 aliphatic carbocycles. The average molecular weight is 206 g/mol. The summed E-state index contributed by atoms with van der Waals surface area (Å²) >= 11 is 0. The van der Waals surface area contributed by atoms with E-state index in [9.17, 15) is 0 Å². The fraction of sp³-hybridized carbons (Fsp3) is 0.0714. The summed E-state index contributed by atoms with van der Waals surface area (Å²) in [5.41, 5.74) is 3.96. The van der Waals surface area contributed by atoms with Gasteiger partial charge < -0.3 is 4.90 Å². The molecular weight excluding hydrogens is 196 g/mol. The Morgan fingerprint density at radius 2 is 2.06 bits per heavy atom. The Kier molecular flexibility index (Phi) is 1.38. The lowest BCUT2D eigenvalue weighted by Gasteiger charge is -2.17. The Morgan fingerprint density at radius 1 is 1.12 bits per heavy atom. The summed E-state index contributed by atoms with van der Waals surface area (Å²) in [6.07, 6.45) is 9.60. The number of fused-ring (bicyclic) bond motifs is 6. The predicted octanol–water partition coefficient (Wildman–Crippen LogP) is 1.43. The average Bonchev–Trinajstić information content (AvgIpc) is 2.84. The molecule has 1 aromatic carbocycles. The molecule has 0 N–H and O–H groups in total. The minimum Gasteiger partial charge on any atom is -0.318 e. The van der Waals surface area contributed by atoms with Crippen molar-refractivity contribution >= 4 is 6.20 Å². The second-order valence-corrected chi connectivity index (χ2v) is 4.23. The SMILES string of the molecule is C1=C2CC(=C1)N1C=c3ccccc3=NC=C21. The normalized spacial score (nSPS) is 19.8. The van der Waals surface area contributed by atoms with Crippen molar-refractivity contribution < 1.29 is 0 Å². The van der Waals surface area contributed by atoms with Crippen LogP contribution in [0.4, 0.5) is 0 Å². The van der Waals surface area contributed by atoms with Gasteiger partial charge in [-0.05, 0) is 17.7 Å². The van der Waals surface area contributed by atoms with E-state index in [1.807, 2.05) is 12.3 Å². The molecule has 0 radical (unpaired) electrons. The summed E-state index contributed by atoms with van der Waals surface area (Å²) in [5.74, 6) is 0. The molecule has 0 spiro atoms. The minimum atomic E-state index is 1.05. The van der Waals surface area contributed by atoms with Crippen molar-refractivity contribution in [2.45, 2.75) is 6.42 Å². The molecule has 0 aromatic heterocycles. The van der Waals surface area contributed by atoms with E-state index in [-0.39, 0.29) is 0 Å². The van der Waals surface area contributed by atoms with E-state index in [0.717, 1.165) is 11.8 Å². The van der Waals surface area contributed by atoms with Crippen molar-refractivity contribution in [1.29, 1.82) is 0 Å². The molecule has 2 heteroatoms. The van der Waals surface area contributed by atoms with Crippen LogP contribution in [0.15, 0.2) is 64.6 Å². The molecule has 1 aromatic rings. The summed E-state index contributed by atoms with van der Waals surface area (Å²) < 4.78 is 0. The van der Waals surface area contributed by atoms with Crippen LogP contribution >= 0.6 is 0 Å². The second-order valence-electron chi connectivity index (χ2n) is 4.23. The molecule has 4 rings (SSSR count). The lowest BCUT2D eigenvalue weighted by molar-refractivity contribution is 0.672. The quantitative estimate of drug-likeness (QED) is 0.627. The first kappa shape index (κ1) is 8.11. The van der Waals surface area contributed by atoms with E-state index in [1.54, 1.807) is 0 Å². The van der Waals surface area contributed by atoms with Crippen LogP contribution < -0.4 is 10.6 Å². The molecule has 2 bridgehead atoms. The van der Waals surface area contributed by atoms with Gasteiger partial charge in [-0.15, -0.1) is 0 Å². The number of allylic oxidation sites excluding steroid dienone is 4. The maximum absolute atomic E-state index is 4.55. The van der Waals surface area contributed by atoms with Crippen molar-refractivity contribution in [3.05, 3.63) is 70.2 Å². The van der Waals surface area contributed by atoms with Crippen LogP contribution in [0.1, 0.15) is 6.42 Å². The van der Waals surface area contributed by atoms with E-state index >= 15 is 0 Å². The molecule has 3 aliphatic rings. The molecule has 0 saturated carbocycles. The zero-order chi connectivity index (χ0) is 10.5. The Morgan fingerprint density at radius 3 is 3.06 bits per heavy atom. The van der Waals surface area contributed by atoms with E-state index in [0.29, 0.717) is 0 Å². The minimum absolute atomic E-state index is 1.05. The molecule has 1 fully saturated rings. The Labute approximate surface area is 93.2 Å². The van der Waals surface area contributed by atoms with Gasteiger partial charge in [0.1, 0.15) is 0 Å². The third-order valence-corrected chi connectivity index (χ3v) is 3.28. The van der Waals surface area contributed by atoms with Crippen LogP contribution in [0.2, 0.25) is 0 Å². The zero-order valence-corrected chi connectivity index (χ0v) is 8.72. The summed E-state index contributed by atoms with van der Waals surface area (Å²) in [6.45, 7) is 0. The molecule has 0 atom stereocenters. The van der Waals surface area contributed by atoms with E-state index in [2.05, 4.69) is 46.4 Å². The lowest BCUT2D eigenvalue weighted by Crippen LogP contribution is -2.25. The van der Waals surface area contributed by atoms with E-state index in [1.165, 1.54) is 22.2 Å². The Balaban J connectivity index is 2.05. The molecular formula is C14H10N2. The second kappa shape index (κ2) is 2.73. The van der Waals surface area contributed by atoms with Gasteiger partial charge in [0.05, 0.1) is 17.3 Å². The first-order valence-electron chi connectivity index (χ1n) is 5.46. The zero-order valence-electron chi connectivity index (χ0n) is 8.72. The van der Waals surface area contributed by atoms with Crippen molar-refractivity contribution in [2.75, 3.05) is 0 Å². The van der Waals surface area contributed by atoms with Crippen LogP contribution in [0, 0.1) is 0 Å². The lowest BCUT2D eigenvalue weighted by atomic mass is 10.2. The molecule has 2 aliphatic heterocycles. The van der Waals surface area contributed by atoms with Crippen molar-refractivity contribution in [1.82, 2.24) is 4.90 Å². The Hall–Kier alpha value is -2.09. The highest BCUT2D eigenvalue weighted by molar-refractivity contribution is 5.56. The Bertz CT molecular complexity index is 690. The third-order valence-electron chi connectivity index (χ3n) is 3.28. The van der Waals surface area contributed by atoms with Crippen molar-refractivity contribution in [2.24, 2.45) is 4.99 Å². The molecule has 16 heavy (non-hydrogen) atoms. The maximum Gasteiger partial charge on any atom is 0.0717 e. The van der Waals surface area contributed by atoms with Gasteiger partial charge >= 0.3 is 0 Å². The van der Waals surface area contributed by atoms with Gasteiger partial charge in [0.25, 0.3) is 0 Å². The number of benzene rings is 1. The predicted molar refractivity (Wildman–Crippen MR) is 62.4 cm³/mol. The highest BCUT2D eigenvalue weighted by atomic mass is 15.2. The van der Waals surface area contributed by atoms with Gasteiger partial charge in [-0.1, -0.05) is 24.3 Å². The number of nitrogens with zero attached hydrogens (tertiary/aromatic N) is 2. The third kappa shape index (κ3) is 0.936. The largest absolute Gasteiger partial charge is 0.318 e. The van der Waals surface area contributed by atoms with Gasteiger partial charge in [-0.25, -0.2) is 0 Å². The first-order valence-corrected chi connectivity index (χ1v) is 5.46. The fourth-order valence-corrected chi connectivity index (χ4v) is 2.44. The molecule has 76 valence electrons. The van der Waals surface area contributed by atoms with Gasteiger partial charge in [0.2, 0.25) is 0 Å². The highest BCUT2D eigenvalue weighted by Crippen LogP contribution is 2.40. The molecule has 1 saturated heterocycles. The van der Waals surface area contributed by atoms with Gasteiger partial charge in [-0.2, -0.15) is 0 Å².